The van der Waals surface area contributed by atoms with Crippen LogP contribution in [0.3, 0.4) is 0 Å². The Morgan fingerprint density at radius 3 is 2.93 bits per heavy atom. The van der Waals surface area contributed by atoms with Gasteiger partial charge in [0.2, 0.25) is 0 Å². The van der Waals surface area contributed by atoms with E-state index in [9.17, 15) is 4.21 Å². The summed E-state index contributed by atoms with van der Waals surface area (Å²) in [5, 5.41) is 0. The molecule has 2 nitrogen and oxygen atoms in total. The smallest absolute Gasteiger partial charge is 0.0873 e. The largest absolute Gasteiger partial charge is 0.502 e. The molecule has 2 unspecified atom stereocenters. The molecule has 15 heavy (non-hydrogen) atoms. The van der Waals surface area contributed by atoms with Crippen molar-refractivity contribution in [1.82, 2.24) is 0 Å². The van der Waals surface area contributed by atoms with Crippen molar-refractivity contribution in [1.29, 1.82) is 0 Å². The molecule has 1 heterocycles. The minimum absolute atomic E-state index is 0.0861. The summed E-state index contributed by atoms with van der Waals surface area (Å²) in [7, 11) is -0.623. The van der Waals surface area contributed by atoms with Gasteiger partial charge in [0.15, 0.2) is 0 Å². The minimum Gasteiger partial charge on any atom is -0.502 e. The third-order valence-electron chi connectivity index (χ3n) is 3.35. The zero-order valence-electron chi connectivity index (χ0n) is 9.67. The van der Waals surface area contributed by atoms with Gasteiger partial charge in [0.1, 0.15) is 0 Å². The molecule has 0 amide bonds. The molecule has 1 aliphatic heterocycles. The molecule has 0 spiro atoms. The summed E-state index contributed by atoms with van der Waals surface area (Å²) in [6, 6.07) is 0. The molecule has 0 saturated carbocycles. The number of hydrogen-bond donors (Lipinski definition) is 0. The maximum atomic E-state index is 12.1. The van der Waals surface area contributed by atoms with Crippen LogP contribution in [0.1, 0.15) is 45.4 Å². The van der Waals surface area contributed by atoms with Crippen LogP contribution in [0.5, 0.6) is 0 Å². The molecule has 0 aromatic carbocycles. The average Bonchev–Trinajstić information content (AvgIpc) is 2.27. The van der Waals surface area contributed by atoms with Gasteiger partial charge in [-0.3, -0.25) is 4.21 Å². The van der Waals surface area contributed by atoms with Gasteiger partial charge in [-0.1, -0.05) is 19.9 Å². The number of hydrogen-bond acceptors (Lipinski definition) is 2. The van der Waals surface area contributed by atoms with Gasteiger partial charge in [-0.15, -0.1) is 0 Å². The third kappa shape index (κ3) is 3.33. The van der Waals surface area contributed by atoms with Crippen LogP contribution < -0.4 is 0 Å². The first kappa shape index (κ1) is 12.8. The first-order chi connectivity index (χ1) is 7.25. The van der Waals surface area contributed by atoms with E-state index in [1.54, 1.807) is 0 Å². The second kappa shape index (κ2) is 6.31. The Balaban J connectivity index is 2.43. The zero-order chi connectivity index (χ0) is 11.1. The molecule has 88 valence electrons. The van der Waals surface area contributed by atoms with Crippen LogP contribution in [0.25, 0.3) is 0 Å². The SMILES string of the molecule is C=COCCCC1(CC)CCCCS1=O. The van der Waals surface area contributed by atoms with E-state index in [0.717, 1.165) is 37.9 Å². The van der Waals surface area contributed by atoms with E-state index in [0.29, 0.717) is 6.61 Å². The molecule has 1 saturated heterocycles. The number of rotatable bonds is 6. The number of ether oxygens (including phenoxy) is 1. The highest BCUT2D eigenvalue weighted by atomic mass is 32.2. The second-order valence-corrected chi connectivity index (χ2v) is 6.15. The van der Waals surface area contributed by atoms with Crippen LogP contribution in [-0.2, 0) is 15.5 Å². The van der Waals surface area contributed by atoms with Gasteiger partial charge in [0, 0.05) is 21.3 Å². The average molecular weight is 230 g/mol. The quantitative estimate of drug-likeness (QED) is 0.518. The fraction of sp³-hybridized carbons (Fsp3) is 0.833. The molecule has 0 radical (unpaired) electrons. The summed E-state index contributed by atoms with van der Waals surface area (Å²) < 4.78 is 17.3. The van der Waals surface area contributed by atoms with E-state index < -0.39 is 10.8 Å². The van der Waals surface area contributed by atoms with Crippen molar-refractivity contribution < 1.29 is 8.95 Å². The van der Waals surface area contributed by atoms with Crippen molar-refractivity contribution >= 4 is 10.8 Å². The minimum atomic E-state index is -0.623. The Labute approximate surface area is 95.5 Å². The summed E-state index contributed by atoms with van der Waals surface area (Å²) in [6.45, 7) is 6.39. The Hall–Kier alpha value is -0.310. The fourth-order valence-corrected chi connectivity index (χ4v) is 4.29. The van der Waals surface area contributed by atoms with Gasteiger partial charge >= 0.3 is 0 Å². The van der Waals surface area contributed by atoms with Crippen LogP contribution in [0.15, 0.2) is 12.8 Å². The van der Waals surface area contributed by atoms with Gasteiger partial charge in [-0.05, 0) is 32.1 Å². The van der Waals surface area contributed by atoms with Gasteiger partial charge in [-0.25, -0.2) is 0 Å². The molecule has 1 fully saturated rings. The Morgan fingerprint density at radius 1 is 1.53 bits per heavy atom. The van der Waals surface area contributed by atoms with Gasteiger partial charge in [0.05, 0.1) is 12.9 Å². The van der Waals surface area contributed by atoms with Crippen LogP contribution in [0.4, 0.5) is 0 Å². The topological polar surface area (TPSA) is 26.3 Å². The molecular weight excluding hydrogens is 208 g/mol. The van der Waals surface area contributed by atoms with Crippen LogP contribution in [0, 0.1) is 0 Å². The lowest BCUT2D eigenvalue weighted by atomic mass is 9.93. The predicted molar refractivity (Wildman–Crippen MR) is 65.3 cm³/mol. The zero-order valence-corrected chi connectivity index (χ0v) is 10.5. The lowest BCUT2D eigenvalue weighted by Crippen LogP contribution is -2.38. The summed E-state index contributed by atoms with van der Waals surface area (Å²) >= 11 is 0. The summed E-state index contributed by atoms with van der Waals surface area (Å²) in [5.41, 5.74) is 0. The van der Waals surface area contributed by atoms with Gasteiger partial charge in [-0.2, -0.15) is 0 Å². The lowest BCUT2D eigenvalue weighted by Gasteiger charge is -2.35. The van der Waals surface area contributed by atoms with Crippen molar-refractivity contribution in [2.45, 2.75) is 50.2 Å². The Bertz CT molecular complexity index is 228. The summed E-state index contributed by atoms with van der Waals surface area (Å²) in [6.07, 6.45) is 8.04. The highest BCUT2D eigenvalue weighted by molar-refractivity contribution is 7.86. The highest BCUT2D eigenvalue weighted by Crippen LogP contribution is 2.35. The van der Waals surface area contributed by atoms with Crippen LogP contribution in [-0.4, -0.2) is 21.3 Å². The van der Waals surface area contributed by atoms with E-state index in [-0.39, 0.29) is 4.75 Å². The first-order valence-electron chi connectivity index (χ1n) is 5.86. The maximum absolute atomic E-state index is 12.1. The predicted octanol–water partition coefficient (Wildman–Crippen LogP) is 3.01. The molecule has 1 aliphatic rings. The van der Waals surface area contributed by atoms with E-state index in [2.05, 4.69) is 13.5 Å². The highest BCUT2D eigenvalue weighted by Gasteiger charge is 2.36. The molecule has 3 heteroatoms. The molecule has 2 atom stereocenters. The van der Waals surface area contributed by atoms with Crippen LogP contribution in [0.2, 0.25) is 0 Å². The van der Waals surface area contributed by atoms with E-state index in [1.165, 1.54) is 12.7 Å². The standard InChI is InChI=1S/C12H22O2S/c1-3-12(9-7-10-14-4-2)8-5-6-11-15(12)13/h4H,2-3,5-11H2,1H3. The third-order valence-corrected chi connectivity index (χ3v) is 5.67. The van der Waals surface area contributed by atoms with Crippen molar-refractivity contribution in [2.75, 3.05) is 12.4 Å². The van der Waals surface area contributed by atoms with Crippen molar-refractivity contribution in [3.63, 3.8) is 0 Å². The molecule has 0 bridgehead atoms. The molecule has 0 N–H and O–H groups in total. The molecule has 0 aliphatic carbocycles. The van der Waals surface area contributed by atoms with Gasteiger partial charge < -0.3 is 4.74 Å². The molecule has 1 rings (SSSR count). The van der Waals surface area contributed by atoms with Crippen molar-refractivity contribution in [3.8, 4) is 0 Å². The summed E-state index contributed by atoms with van der Waals surface area (Å²) in [5.74, 6) is 0.899. The fourth-order valence-electron chi connectivity index (χ4n) is 2.33. The van der Waals surface area contributed by atoms with Gasteiger partial charge in [0.25, 0.3) is 0 Å². The summed E-state index contributed by atoms with van der Waals surface area (Å²) in [4.78, 5) is 0. The molecule has 0 aromatic heterocycles. The van der Waals surface area contributed by atoms with Crippen LogP contribution >= 0.6 is 0 Å². The lowest BCUT2D eigenvalue weighted by molar-refractivity contribution is 0.234. The second-order valence-electron chi connectivity index (χ2n) is 4.18. The first-order valence-corrected chi connectivity index (χ1v) is 7.18. The molecular formula is C12H22O2S. The maximum Gasteiger partial charge on any atom is 0.0873 e. The van der Waals surface area contributed by atoms with Crippen molar-refractivity contribution in [2.24, 2.45) is 0 Å². The molecule has 0 aromatic rings. The van der Waals surface area contributed by atoms with Crippen molar-refractivity contribution in [3.05, 3.63) is 12.8 Å². The Morgan fingerprint density at radius 2 is 2.33 bits per heavy atom. The van der Waals surface area contributed by atoms with E-state index in [4.69, 9.17) is 4.74 Å². The van der Waals surface area contributed by atoms with E-state index in [1.807, 2.05) is 0 Å². The van der Waals surface area contributed by atoms with E-state index >= 15 is 0 Å². The normalized spacial score (nSPS) is 31.1. The monoisotopic (exact) mass is 230 g/mol. The Kier molecular flexibility index (Phi) is 5.37.